The highest BCUT2D eigenvalue weighted by molar-refractivity contribution is 7.99. The summed E-state index contributed by atoms with van der Waals surface area (Å²) in [4.78, 5) is 1.14. The van der Waals surface area contributed by atoms with Crippen molar-refractivity contribution in [3.63, 3.8) is 0 Å². The van der Waals surface area contributed by atoms with Crippen LogP contribution in [0, 0.1) is 0 Å². The van der Waals surface area contributed by atoms with Gasteiger partial charge < -0.3 is 10.8 Å². The van der Waals surface area contributed by atoms with Crippen LogP contribution >= 0.6 is 23.4 Å². The van der Waals surface area contributed by atoms with Gasteiger partial charge in [-0.3, -0.25) is 0 Å². The summed E-state index contributed by atoms with van der Waals surface area (Å²) >= 11 is 7.54. The Morgan fingerprint density at radius 1 is 1.50 bits per heavy atom. The average Bonchev–Trinajstić information content (AvgIpc) is 2.17. The summed E-state index contributed by atoms with van der Waals surface area (Å²) in [5.74, 6) is 0.905. The fraction of sp³-hybridized carbons (Fsp3) is 0.400. The van der Waals surface area contributed by atoms with Crippen LogP contribution < -0.4 is 5.73 Å². The second-order valence-corrected chi connectivity index (χ2v) is 4.64. The number of nitrogens with two attached hydrogens (primary N) is 1. The summed E-state index contributed by atoms with van der Waals surface area (Å²) in [6.07, 6.45) is 0.813. The minimum absolute atomic E-state index is 0.0517. The van der Waals surface area contributed by atoms with E-state index in [4.69, 9.17) is 22.4 Å². The molecule has 14 heavy (non-hydrogen) atoms. The van der Waals surface area contributed by atoms with Crippen molar-refractivity contribution in [1.82, 2.24) is 0 Å². The highest BCUT2D eigenvalue weighted by atomic mass is 35.5. The van der Waals surface area contributed by atoms with Gasteiger partial charge in [-0.15, -0.1) is 11.8 Å². The van der Waals surface area contributed by atoms with E-state index in [1.807, 2.05) is 24.3 Å². The van der Waals surface area contributed by atoms with Crippen LogP contribution in [0.3, 0.4) is 0 Å². The molecule has 1 unspecified atom stereocenters. The maximum Gasteiger partial charge on any atom is 0.0582 e. The normalized spacial score (nSPS) is 12.8. The lowest BCUT2D eigenvalue weighted by atomic mass is 10.3. The number of thioether (sulfide) groups is 1. The maximum absolute atomic E-state index is 8.72. The summed E-state index contributed by atoms with van der Waals surface area (Å²) in [5, 5.41) is 9.47. The summed E-state index contributed by atoms with van der Waals surface area (Å²) in [6.45, 7) is 0.0517. The number of hydrogen-bond acceptors (Lipinski definition) is 3. The Morgan fingerprint density at radius 3 is 2.93 bits per heavy atom. The first-order valence-electron chi connectivity index (χ1n) is 4.47. The molecule has 0 aromatic heterocycles. The first kappa shape index (κ1) is 11.9. The Morgan fingerprint density at radius 2 is 2.29 bits per heavy atom. The minimum Gasteiger partial charge on any atom is -0.395 e. The third-order valence-corrected chi connectivity index (χ3v) is 3.05. The topological polar surface area (TPSA) is 46.2 Å². The van der Waals surface area contributed by atoms with E-state index in [-0.39, 0.29) is 12.6 Å². The molecular formula is C10H14ClNOS. The molecule has 1 aromatic carbocycles. The predicted octanol–water partition coefficient (Wildman–Crippen LogP) is 2.14. The molecule has 0 spiro atoms. The van der Waals surface area contributed by atoms with Crippen molar-refractivity contribution in [2.45, 2.75) is 17.4 Å². The number of halogens is 1. The summed E-state index contributed by atoms with van der Waals surface area (Å²) < 4.78 is 0. The first-order chi connectivity index (χ1) is 6.72. The van der Waals surface area contributed by atoms with Gasteiger partial charge in [-0.1, -0.05) is 17.7 Å². The van der Waals surface area contributed by atoms with Crippen molar-refractivity contribution in [2.24, 2.45) is 5.73 Å². The van der Waals surface area contributed by atoms with Gasteiger partial charge in [0, 0.05) is 16.0 Å². The molecule has 4 heteroatoms. The van der Waals surface area contributed by atoms with Crippen LogP contribution in [0.25, 0.3) is 0 Å². The highest BCUT2D eigenvalue weighted by Crippen LogP contribution is 2.22. The molecule has 0 heterocycles. The van der Waals surface area contributed by atoms with Crippen LogP contribution in [-0.4, -0.2) is 23.5 Å². The number of benzene rings is 1. The summed E-state index contributed by atoms with van der Waals surface area (Å²) in [7, 11) is 0. The molecular weight excluding hydrogens is 218 g/mol. The summed E-state index contributed by atoms with van der Waals surface area (Å²) in [5.41, 5.74) is 5.58. The van der Waals surface area contributed by atoms with E-state index in [1.54, 1.807) is 11.8 Å². The third kappa shape index (κ3) is 4.33. The largest absolute Gasteiger partial charge is 0.395 e. The van der Waals surface area contributed by atoms with Crippen LogP contribution in [0.2, 0.25) is 5.02 Å². The molecule has 78 valence electrons. The second kappa shape index (κ2) is 6.30. The quantitative estimate of drug-likeness (QED) is 0.764. The lowest BCUT2D eigenvalue weighted by Crippen LogP contribution is -2.24. The van der Waals surface area contributed by atoms with E-state index >= 15 is 0 Å². The van der Waals surface area contributed by atoms with E-state index < -0.39 is 0 Å². The van der Waals surface area contributed by atoms with Gasteiger partial charge in [-0.2, -0.15) is 0 Å². The zero-order chi connectivity index (χ0) is 10.4. The Hall–Kier alpha value is -0.220. The smallest absolute Gasteiger partial charge is 0.0582 e. The number of aliphatic hydroxyl groups excluding tert-OH is 1. The standard InChI is InChI=1S/C10H14ClNOS/c11-8-2-1-3-10(6-8)14-5-4-9(12)7-13/h1-3,6,9,13H,4-5,7,12H2. The third-order valence-electron chi connectivity index (χ3n) is 1.79. The van der Waals surface area contributed by atoms with E-state index in [9.17, 15) is 0 Å². The molecule has 0 aliphatic carbocycles. The molecule has 2 nitrogen and oxygen atoms in total. The average molecular weight is 232 g/mol. The number of rotatable bonds is 5. The Balaban J connectivity index is 2.31. The van der Waals surface area contributed by atoms with Crippen molar-refractivity contribution in [2.75, 3.05) is 12.4 Å². The van der Waals surface area contributed by atoms with Crippen LogP contribution in [-0.2, 0) is 0 Å². The fourth-order valence-electron chi connectivity index (χ4n) is 0.976. The molecule has 0 aliphatic rings. The number of hydrogen-bond donors (Lipinski definition) is 2. The van der Waals surface area contributed by atoms with Gasteiger partial charge in [-0.25, -0.2) is 0 Å². The Kier molecular flexibility index (Phi) is 5.33. The number of aliphatic hydroxyl groups is 1. The van der Waals surface area contributed by atoms with Gasteiger partial charge >= 0.3 is 0 Å². The van der Waals surface area contributed by atoms with Crippen LogP contribution in [0.15, 0.2) is 29.2 Å². The molecule has 3 N–H and O–H groups in total. The molecule has 0 bridgehead atoms. The van der Waals surface area contributed by atoms with Gasteiger partial charge in [-0.05, 0) is 30.4 Å². The van der Waals surface area contributed by atoms with E-state index in [2.05, 4.69) is 0 Å². The SMILES string of the molecule is NC(CO)CCSc1cccc(Cl)c1. The van der Waals surface area contributed by atoms with Crippen LogP contribution in [0.4, 0.5) is 0 Å². The lowest BCUT2D eigenvalue weighted by Gasteiger charge is -2.07. The van der Waals surface area contributed by atoms with Gasteiger partial charge in [0.1, 0.15) is 0 Å². The molecule has 0 fully saturated rings. The van der Waals surface area contributed by atoms with Gasteiger partial charge in [0.2, 0.25) is 0 Å². The van der Waals surface area contributed by atoms with Crippen LogP contribution in [0.1, 0.15) is 6.42 Å². The maximum atomic E-state index is 8.72. The van der Waals surface area contributed by atoms with Gasteiger partial charge in [0.25, 0.3) is 0 Å². The zero-order valence-corrected chi connectivity index (χ0v) is 9.39. The monoisotopic (exact) mass is 231 g/mol. The molecule has 1 aromatic rings. The molecule has 0 aliphatic heterocycles. The van der Waals surface area contributed by atoms with E-state index in [1.165, 1.54) is 0 Å². The van der Waals surface area contributed by atoms with E-state index in [0.29, 0.717) is 0 Å². The molecule has 0 saturated heterocycles. The van der Waals surface area contributed by atoms with Crippen molar-refractivity contribution < 1.29 is 5.11 Å². The minimum atomic E-state index is -0.110. The molecule has 0 radical (unpaired) electrons. The fourth-order valence-corrected chi connectivity index (χ4v) is 2.27. The van der Waals surface area contributed by atoms with Gasteiger partial charge in [0.05, 0.1) is 6.61 Å². The van der Waals surface area contributed by atoms with Crippen molar-refractivity contribution in [1.29, 1.82) is 0 Å². The second-order valence-electron chi connectivity index (χ2n) is 3.04. The van der Waals surface area contributed by atoms with Crippen molar-refractivity contribution in [3.05, 3.63) is 29.3 Å². The summed E-state index contributed by atoms with van der Waals surface area (Å²) in [6, 6.07) is 7.61. The Labute approximate surface area is 93.5 Å². The predicted molar refractivity (Wildman–Crippen MR) is 61.9 cm³/mol. The Bertz CT molecular complexity index is 283. The molecule has 1 rings (SSSR count). The van der Waals surface area contributed by atoms with E-state index in [0.717, 1.165) is 22.1 Å². The van der Waals surface area contributed by atoms with Crippen LogP contribution in [0.5, 0.6) is 0 Å². The van der Waals surface area contributed by atoms with Crippen molar-refractivity contribution >= 4 is 23.4 Å². The molecule has 0 saturated carbocycles. The first-order valence-corrected chi connectivity index (χ1v) is 5.83. The lowest BCUT2D eigenvalue weighted by molar-refractivity contribution is 0.264. The molecule has 0 amide bonds. The highest BCUT2D eigenvalue weighted by Gasteiger charge is 2.00. The van der Waals surface area contributed by atoms with Gasteiger partial charge in [0.15, 0.2) is 0 Å². The van der Waals surface area contributed by atoms with Crippen molar-refractivity contribution in [3.8, 4) is 0 Å². The zero-order valence-electron chi connectivity index (χ0n) is 7.82. The molecule has 1 atom stereocenters.